The number of ether oxygens (including phenoxy) is 2. The van der Waals surface area contributed by atoms with E-state index in [2.05, 4.69) is 26.3 Å². The van der Waals surface area contributed by atoms with Crippen LogP contribution in [0.5, 0.6) is 11.5 Å². The van der Waals surface area contributed by atoms with Crippen molar-refractivity contribution >= 4 is 38.8 Å². The van der Waals surface area contributed by atoms with Gasteiger partial charge < -0.3 is 9.47 Å². The van der Waals surface area contributed by atoms with Crippen LogP contribution in [0.2, 0.25) is 0 Å². The van der Waals surface area contributed by atoms with Crippen molar-refractivity contribution in [2.24, 2.45) is 0 Å². The minimum Gasteiger partial charge on any atom is -0.493 e. The van der Waals surface area contributed by atoms with E-state index in [0.717, 1.165) is 14.7 Å². The van der Waals surface area contributed by atoms with E-state index in [1.807, 2.05) is 24.3 Å². The van der Waals surface area contributed by atoms with Gasteiger partial charge in [0, 0.05) is 16.1 Å². The second-order valence-corrected chi connectivity index (χ2v) is 7.94. The first-order valence-electron chi connectivity index (χ1n) is 9.99. The molecule has 1 N–H and O–H groups in total. The molecule has 0 saturated heterocycles. The van der Waals surface area contributed by atoms with E-state index < -0.39 is 11.5 Å². The van der Waals surface area contributed by atoms with E-state index in [0.29, 0.717) is 28.0 Å². The van der Waals surface area contributed by atoms with Gasteiger partial charge in [0.05, 0.1) is 25.1 Å². The third-order valence-corrected chi connectivity index (χ3v) is 5.47. The van der Waals surface area contributed by atoms with Gasteiger partial charge in [0.25, 0.3) is 11.5 Å². The average Bonchev–Trinajstić information content (AvgIpc) is 2.85. The quantitative estimate of drug-likeness (QED) is 0.386. The minimum atomic E-state index is -0.473. The summed E-state index contributed by atoms with van der Waals surface area (Å²) in [5.41, 5.74) is 4.20. The number of hydrogen-bond acceptors (Lipinski definition) is 5. The zero-order valence-electron chi connectivity index (χ0n) is 17.9. The molecule has 0 fully saturated rings. The molecule has 0 aliphatic carbocycles. The van der Waals surface area contributed by atoms with Gasteiger partial charge in [-0.1, -0.05) is 40.2 Å². The van der Waals surface area contributed by atoms with Crippen LogP contribution < -0.4 is 20.5 Å². The predicted octanol–water partition coefficient (Wildman–Crippen LogP) is 4.63. The molecular weight excluding hydrogens is 486 g/mol. The summed E-state index contributed by atoms with van der Waals surface area (Å²) in [6.45, 7) is 0. The molecule has 4 aromatic rings. The lowest BCUT2D eigenvalue weighted by molar-refractivity contribution is -0.112. The molecule has 33 heavy (non-hydrogen) atoms. The fourth-order valence-electron chi connectivity index (χ4n) is 3.30. The van der Waals surface area contributed by atoms with Gasteiger partial charge in [-0.2, -0.15) is 4.68 Å². The van der Waals surface area contributed by atoms with Crippen LogP contribution in [0, 0.1) is 0 Å². The summed E-state index contributed by atoms with van der Waals surface area (Å²) in [7, 11) is 3.07. The number of nitrogens with zero attached hydrogens (tertiary/aromatic N) is 2. The highest BCUT2D eigenvalue weighted by atomic mass is 79.9. The van der Waals surface area contributed by atoms with Crippen molar-refractivity contribution in [1.29, 1.82) is 0 Å². The second-order valence-electron chi connectivity index (χ2n) is 7.02. The standard InChI is InChI=1S/C25H20BrN3O4/c1-32-21-13-10-17(15-22(21)33-2)24-27-20-6-4-3-5-19(20)25(31)29(24)28-23(30)14-9-16-7-11-18(26)12-8-16/h3-15H,1-2H3,(H,28,30). The molecule has 1 heterocycles. The Morgan fingerprint density at radius 3 is 2.45 bits per heavy atom. The van der Waals surface area contributed by atoms with Crippen molar-refractivity contribution in [3.05, 3.63) is 93.2 Å². The smallest absolute Gasteiger partial charge is 0.280 e. The first kappa shape index (κ1) is 22.3. The number of hydrogen-bond donors (Lipinski definition) is 1. The number of carbonyl (C=O) groups excluding carboxylic acids is 1. The van der Waals surface area contributed by atoms with Gasteiger partial charge in [0.15, 0.2) is 17.3 Å². The fraction of sp³-hybridized carbons (Fsp3) is 0.0800. The third-order valence-electron chi connectivity index (χ3n) is 4.94. The predicted molar refractivity (Wildman–Crippen MR) is 132 cm³/mol. The molecule has 0 atom stereocenters. The van der Waals surface area contributed by atoms with Gasteiger partial charge in [0.1, 0.15) is 0 Å². The number of aromatic nitrogens is 2. The van der Waals surface area contributed by atoms with Crippen LogP contribution in [-0.2, 0) is 4.79 Å². The molecule has 0 aliphatic heterocycles. The number of fused-ring (bicyclic) bond motifs is 1. The van der Waals surface area contributed by atoms with Crippen LogP contribution in [0.3, 0.4) is 0 Å². The van der Waals surface area contributed by atoms with Crippen molar-refractivity contribution < 1.29 is 14.3 Å². The van der Waals surface area contributed by atoms with E-state index in [4.69, 9.17) is 9.47 Å². The Hall–Kier alpha value is -3.91. The van der Waals surface area contributed by atoms with E-state index >= 15 is 0 Å². The van der Waals surface area contributed by atoms with Crippen LogP contribution in [0.1, 0.15) is 5.56 Å². The highest BCUT2D eigenvalue weighted by Crippen LogP contribution is 2.31. The van der Waals surface area contributed by atoms with Gasteiger partial charge in [-0.15, -0.1) is 0 Å². The molecule has 0 radical (unpaired) electrons. The summed E-state index contributed by atoms with van der Waals surface area (Å²) in [6.07, 6.45) is 3.03. The molecule has 1 aromatic heterocycles. The number of rotatable bonds is 6. The van der Waals surface area contributed by atoms with E-state index in [1.54, 1.807) is 55.7 Å². The lowest BCUT2D eigenvalue weighted by Gasteiger charge is -2.15. The molecule has 4 rings (SSSR count). The molecule has 0 bridgehead atoms. The Labute approximate surface area is 198 Å². The Bertz CT molecular complexity index is 1410. The second kappa shape index (κ2) is 9.70. The summed E-state index contributed by atoms with van der Waals surface area (Å²) in [4.78, 5) is 30.6. The van der Waals surface area contributed by atoms with Crippen molar-refractivity contribution in [3.8, 4) is 22.9 Å². The van der Waals surface area contributed by atoms with Crippen LogP contribution in [0.15, 0.2) is 82.1 Å². The summed E-state index contributed by atoms with van der Waals surface area (Å²) >= 11 is 3.38. The molecule has 1 amide bonds. The van der Waals surface area contributed by atoms with Crippen LogP contribution in [-0.4, -0.2) is 29.8 Å². The lowest BCUT2D eigenvalue weighted by atomic mass is 10.1. The van der Waals surface area contributed by atoms with Gasteiger partial charge in [0.2, 0.25) is 0 Å². The monoisotopic (exact) mass is 505 g/mol. The Morgan fingerprint density at radius 2 is 1.73 bits per heavy atom. The van der Waals surface area contributed by atoms with Crippen molar-refractivity contribution in [3.63, 3.8) is 0 Å². The molecule has 3 aromatic carbocycles. The van der Waals surface area contributed by atoms with Crippen LogP contribution in [0.4, 0.5) is 0 Å². The number of methoxy groups -OCH3 is 2. The Morgan fingerprint density at radius 1 is 1.00 bits per heavy atom. The average molecular weight is 506 g/mol. The number of benzene rings is 3. The molecule has 7 nitrogen and oxygen atoms in total. The van der Waals surface area contributed by atoms with Crippen LogP contribution >= 0.6 is 15.9 Å². The van der Waals surface area contributed by atoms with E-state index in [9.17, 15) is 9.59 Å². The lowest BCUT2D eigenvalue weighted by Crippen LogP contribution is -2.34. The summed E-state index contributed by atoms with van der Waals surface area (Å²) in [6, 6.07) is 19.6. The number of amides is 1. The van der Waals surface area contributed by atoms with Gasteiger partial charge in [-0.25, -0.2) is 4.98 Å². The molecule has 8 heteroatoms. The molecule has 0 saturated carbocycles. The molecular formula is C25H20BrN3O4. The van der Waals surface area contributed by atoms with E-state index in [-0.39, 0.29) is 5.82 Å². The first-order chi connectivity index (χ1) is 16.0. The molecule has 0 aliphatic rings. The van der Waals surface area contributed by atoms with Gasteiger partial charge in [-0.3, -0.25) is 15.0 Å². The van der Waals surface area contributed by atoms with Crippen LogP contribution in [0.25, 0.3) is 28.4 Å². The fourth-order valence-corrected chi connectivity index (χ4v) is 3.56. The summed E-state index contributed by atoms with van der Waals surface area (Å²) in [5.74, 6) is 0.812. The van der Waals surface area contributed by atoms with Gasteiger partial charge >= 0.3 is 0 Å². The molecule has 166 valence electrons. The molecule has 0 spiro atoms. The number of nitrogens with one attached hydrogen (secondary N) is 1. The Kier molecular flexibility index (Phi) is 6.55. The Balaban J connectivity index is 1.78. The topological polar surface area (TPSA) is 82.5 Å². The highest BCUT2D eigenvalue weighted by Gasteiger charge is 2.16. The maximum Gasteiger partial charge on any atom is 0.280 e. The summed E-state index contributed by atoms with van der Waals surface area (Å²) < 4.78 is 12.8. The normalized spacial score (nSPS) is 11.0. The zero-order chi connectivity index (χ0) is 23.4. The largest absolute Gasteiger partial charge is 0.493 e. The number of para-hydroxylation sites is 1. The van der Waals surface area contributed by atoms with Crippen molar-refractivity contribution in [1.82, 2.24) is 9.66 Å². The van der Waals surface area contributed by atoms with Crippen molar-refractivity contribution in [2.45, 2.75) is 0 Å². The van der Waals surface area contributed by atoms with E-state index in [1.165, 1.54) is 13.2 Å². The highest BCUT2D eigenvalue weighted by molar-refractivity contribution is 9.10. The minimum absolute atomic E-state index is 0.269. The maximum atomic E-state index is 13.3. The zero-order valence-corrected chi connectivity index (χ0v) is 19.5. The third kappa shape index (κ3) is 4.80. The SMILES string of the molecule is COc1ccc(-c2nc3ccccc3c(=O)n2NC(=O)C=Cc2ccc(Br)cc2)cc1OC. The summed E-state index contributed by atoms with van der Waals surface area (Å²) in [5, 5.41) is 0.388. The van der Waals surface area contributed by atoms with Gasteiger partial charge in [-0.05, 0) is 54.1 Å². The molecule has 0 unspecified atom stereocenters. The van der Waals surface area contributed by atoms with Crippen molar-refractivity contribution in [2.75, 3.05) is 19.6 Å². The number of halogens is 1. The first-order valence-corrected chi connectivity index (χ1v) is 10.8. The maximum absolute atomic E-state index is 13.3. The number of carbonyl (C=O) groups is 1.